The van der Waals surface area contributed by atoms with Gasteiger partial charge in [0.05, 0.1) is 5.69 Å². The zero-order valence-electron chi connectivity index (χ0n) is 9.53. The Morgan fingerprint density at radius 2 is 2.24 bits per heavy atom. The summed E-state index contributed by atoms with van der Waals surface area (Å²) in [5.74, 6) is -0.410. The van der Waals surface area contributed by atoms with Crippen molar-refractivity contribution in [2.45, 2.75) is 18.9 Å². The minimum Gasteiger partial charge on any atom is -0.369 e. The molecule has 0 unspecified atom stereocenters. The molecular formula is C12H16BrN3O. The first-order valence-corrected chi connectivity index (χ1v) is 6.47. The molecule has 1 heterocycles. The SMILES string of the molecule is NC(=O)c1ccc(N2CCC[C@@H](N)C2)c(Br)c1. The number of rotatable bonds is 2. The Morgan fingerprint density at radius 1 is 1.47 bits per heavy atom. The van der Waals surface area contributed by atoms with E-state index >= 15 is 0 Å². The molecule has 1 aliphatic rings. The number of nitrogens with zero attached hydrogens (tertiary/aromatic N) is 1. The molecule has 1 amide bonds. The monoisotopic (exact) mass is 297 g/mol. The van der Waals surface area contributed by atoms with Crippen LogP contribution in [0.2, 0.25) is 0 Å². The second-order valence-corrected chi connectivity index (χ2v) is 5.23. The average molecular weight is 298 g/mol. The van der Waals surface area contributed by atoms with Gasteiger partial charge in [-0.25, -0.2) is 0 Å². The van der Waals surface area contributed by atoms with Gasteiger partial charge in [0.25, 0.3) is 0 Å². The number of anilines is 1. The number of carbonyl (C=O) groups excluding carboxylic acids is 1. The molecule has 0 radical (unpaired) electrons. The van der Waals surface area contributed by atoms with Crippen molar-refractivity contribution in [3.05, 3.63) is 28.2 Å². The van der Waals surface area contributed by atoms with Crippen LogP contribution in [0.25, 0.3) is 0 Å². The van der Waals surface area contributed by atoms with E-state index in [9.17, 15) is 4.79 Å². The number of primary amides is 1. The Bertz CT molecular complexity index is 436. The molecule has 0 spiro atoms. The fourth-order valence-corrected chi connectivity index (χ4v) is 2.77. The topological polar surface area (TPSA) is 72.4 Å². The highest BCUT2D eigenvalue weighted by Gasteiger charge is 2.19. The molecule has 5 heteroatoms. The Kier molecular flexibility index (Phi) is 3.69. The van der Waals surface area contributed by atoms with Crippen LogP contribution < -0.4 is 16.4 Å². The number of amides is 1. The first-order chi connectivity index (χ1) is 8.08. The smallest absolute Gasteiger partial charge is 0.248 e. The van der Waals surface area contributed by atoms with E-state index in [-0.39, 0.29) is 6.04 Å². The first-order valence-electron chi connectivity index (χ1n) is 5.68. The molecular weight excluding hydrogens is 282 g/mol. The molecule has 4 N–H and O–H groups in total. The van der Waals surface area contributed by atoms with E-state index in [2.05, 4.69) is 20.8 Å². The van der Waals surface area contributed by atoms with Gasteiger partial charge in [0.2, 0.25) is 5.91 Å². The van der Waals surface area contributed by atoms with Crippen molar-refractivity contribution in [3.8, 4) is 0 Å². The van der Waals surface area contributed by atoms with Crippen molar-refractivity contribution in [3.63, 3.8) is 0 Å². The summed E-state index contributed by atoms with van der Waals surface area (Å²) in [4.78, 5) is 13.3. The summed E-state index contributed by atoms with van der Waals surface area (Å²) >= 11 is 3.48. The normalized spacial score (nSPS) is 20.4. The molecule has 0 aliphatic carbocycles. The quantitative estimate of drug-likeness (QED) is 0.868. The van der Waals surface area contributed by atoms with Gasteiger partial charge in [-0.3, -0.25) is 4.79 Å². The van der Waals surface area contributed by atoms with Crippen LogP contribution in [0.5, 0.6) is 0 Å². The molecule has 1 atom stereocenters. The summed E-state index contributed by atoms with van der Waals surface area (Å²) in [5, 5.41) is 0. The third-order valence-electron chi connectivity index (χ3n) is 3.03. The highest BCUT2D eigenvalue weighted by molar-refractivity contribution is 9.10. The van der Waals surface area contributed by atoms with Crippen LogP contribution in [0.4, 0.5) is 5.69 Å². The van der Waals surface area contributed by atoms with E-state index in [4.69, 9.17) is 11.5 Å². The lowest BCUT2D eigenvalue weighted by atomic mass is 10.1. The van der Waals surface area contributed by atoms with Crippen LogP contribution in [0.3, 0.4) is 0 Å². The molecule has 1 aliphatic heterocycles. The third-order valence-corrected chi connectivity index (χ3v) is 3.67. The predicted molar refractivity (Wildman–Crippen MR) is 72.1 cm³/mol. The Morgan fingerprint density at radius 3 is 2.82 bits per heavy atom. The fourth-order valence-electron chi connectivity index (χ4n) is 2.15. The first kappa shape index (κ1) is 12.4. The molecule has 92 valence electrons. The number of carbonyl (C=O) groups is 1. The van der Waals surface area contributed by atoms with Crippen LogP contribution in [-0.4, -0.2) is 25.0 Å². The van der Waals surface area contributed by atoms with Gasteiger partial charge >= 0.3 is 0 Å². The number of halogens is 1. The minimum atomic E-state index is -0.410. The van der Waals surface area contributed by atoms with Gasteiger partial charge in [-0.2, -0.15) is 0 Å². The van der Waals surface area contributed by atoms with Crippen LogP contribution in [-0.2, 0) is 0 Å². The lowest BCUT2D eigenvalue weighted by Gasteiger charge is -2.33. The predicted octanol–water partition coefficient (Wildman–Crippen LogP) is 1.48. The lowest BCUT2D eigenvalue weighted by Crippen LogP contribution is -2.43. The maximum atomic E-state index is 11.1. The Hall–Kier alpha value is -1.07. The van der Waals surface area contributed by atoms with E-state index < -0.39 is 5.91 Å². The molecule has 1 fully saturated rings. The summed E-state index contributed by atoms with van der Waals surface area (Å²) in [6.45, 7) is 1.86. The molecule has 0 aromatic heterocycles. The van der Waals surface area contributed by atoms with Crippen molar-refractivity contribution in [2.75, 3.05) is 18.0 Å². The Balaban J connectivity index is 2.23. The van der Waals surface area contributed by atoms with Crippen LogP contribution in [0.1, 0.15) is 23.2 Å². The van der Waals surface area contributed by atoms with Gasteiger partial charge in [-0.1, -0.05) is 0 Å². The standard InChI is InChI=1S/C12H16BrN3O/c13-10-6-8(12(15)17)3-4-11(10)16-5-1-2-9(14)7-16/h3-4,6,9H,1-2,5,7,14H2,(H2,15,17)/t9-/m1/s1. The van der Waals surface area contributed by atoms with E-state index in [1.165, 1.54) is 0 Å². The van der Waals surface area contributed by atoms with Crippen molar-refractivity contribution in [1.29, 1.82) is 0 Å². The lowest BCUT2D eigenvalue weighted by molar-refractivity contribution is 0.100. The maximum absolute atomic E-state index is 11.1. The van der Waals surface area contributed by atoms with Crippen LogP contribution >= 0.6 is 15.9 Å². The van der Waals surface area contributed by atoms with Crippen LogP contribution in [0.15, 0.2) is 22.7 Å². The van der Waals surface area contributed by atoms with E-state index in [1.54, 1.807) is 12.1 Å². The number of hydrogen-bond donors (Lipinski definition) is 2. The van der Waals surface area contributed by atoms with E-state index in [0.717, 1.165) is 36.1 Å². The molecule has 4 nitrogen and oxygen atoms in total. The highest BCUT2D eigenvalue weighted by atomic mass is 79.9. The molecule has 1 saturated heterocycles. The zero-order chi connectivity index (χ0) is 12.4. The second kappa shape index (κ2) is 5.06. The average Bonchev–Trinajstić information content (AvgIpc) is 2.28. The molecule has 0 bridgehead atoms. The number of benzene rings is 1. The number of piperidine rings is 1. The van der Waals surface area contributed by atoms with E-state index in [1.807, 2.05) is 6.07 Å². The van der Waals surface area contributed by atoms with Gasteiger partial charge in [-0.15, -0.1) is 0 Å². The van der Waals surface area contributed by atoms with Gasteiger partial charge in [0.1, 0.15) is 0 Å². The van der Waals surface area contributed by atoms with Gasteiger partial charge in [-0.05, 0) is 47.0 Å². The van der Waals surface area contributed by atoms with Gasteiger partial charge in [0, 0.05) is 29.2 Å². The third kappa shape index (κ3) is 2.79. The van der Waals surface area contributed by atoms with Crippen LogP contribution in [0, 0.1) is 0 Å². The zero-order valence-corrected chi connectivity index (χ0v) is 11.1. The van der Waals surface area contributed by atoms with Crippen molar-refractivity contribution in [1.82, 2.24) is 0 Å². The van der Waals surface area contributed by atoms with Crippen molar-refractivity contribution < 1.29 is 4.79 Å². The summed E-state index contributed by atoms with van der Waals surface area (Å²) < 4.78 is 0.892. The molecule has 1 aromatic rings. The second-order valence-electron chi connectivity index (χ2n) is 4.38. The van der Waals surface area contributed by atoms with Crippen molar-refractivity contribution >= 4 is 27.5 Å². The van der Waals surface area contributed by atoms with Crippen molar-refractivity contribution in [2.24, 2.45) is 11.5 Å². The summed E-state index contributed by atoms with van der Waals surface area (Å²) in [6, 6.07) is 5.66. The largest absolute Gasteiger partial charge is 0.369 e. The molecule has 0 saturated carbocycles. The number of hydrogen-bond acceptors (Lipinski definition) is 3. The molecule has 2 rings (SSSR count). The number of nitrogens with two attached hydrogens (primary N) is 2. The molecule has 17 heavy (non-hydrogen) atoms. The summed E-state index contributed by atoms with van der Waals surface area (Å²) in [7, 11) is 0. The summed E-state index contributed by atoms with van der Waals surface area (Å²) in [5.41, 5.74) is 12.8. The van der Waals surface area contributed by atoms with Gasteiger partial charge < -0.3 is 16.4 Å². The Labute approximate surface area is 109 Å². The van der Waals surface area contributed by atoms with Gasteiger partial charge in [0.15, 0.2) is 0 Å². The van der Waals surface area contributed by atoms with E-state index in [0.29, 0.717) is 5.56 Å². The summed E-state index contributed by atoms with van der Waals surface area (Å²) in [6.07, 6.45) is 2.18. The highest BCUT2D eigenvalue weighted by Crippen LogP contribution is 2.29. The maximum Gasteiger partial charge on any atom is 0.248 e. The minimum absolute atomic E-state index is 0.228. The fraction of sp³-hybridized carbons (Fsp3) is 0.417. The molecule has 1 aromatic carbocycles.